The molecule has 0 saturated carbocycles. The number of allylic oxidation sites excluding steroid dienone is 1. The third kappa shape index (κ3) is 4.45. The van der Waals surface area contributed by atoms with Crippen molar-refractivity contribution in [2.45, 2.75) is 27.2 Å². The summed E-state index contributed by atoms with van der Waals surface area (Å²) in [5, 5.41) is 0. The Balaban J connectivity index is 4.12. The first kappa shape index (κ1) is 11.9. The first-order valence-corrected chi connectivity index (χ1v) is 4.17. The molecule has 0 spiro atoms. The van der Waals surface area contributed by atoms with E-state index in [4.69, 9.17) is 4.74 Å². The lowest BCUT2D eigenvalue weighted by Crippen LogP contribution is -2.30. The molecule has 0 unspecified atom stereocenters. The summed E-state index contributed by atoms with van der Waals surface area (Å²) >= 11 is 0. The van der Waals surface area contributed by atoms with Crippen molar-refractivity contribution in [2.24, 2.45) is 5.41 Å². The maximum absolute atomic E-state index is 11.4. The summed E-state index contributed by atoms with van der Waals surface area (Å²) in [5.41, 5.74) is -0.611. The van der Waals surface area contributed by atoms with Gasteiger partial charge < -0.3 is 4.74 Å². The molecule has 0 radical (unpaired) electrons. The fraction of sp³-hybridized carbons (Fsp3) is 0.600. The van der Waals surface area contributed by atoms with Crippen molar-refractivity contribution >= 4 is 11.8 Å². The van der Waals surface area contributed by atoms with Gasteiger partial charge in [0.25, 0.3) is 0 Å². The first-order chi connectivity index (χ1) is 5.90. The van der Waals surface area contributed by atoms with Crippen molar-refractivity contribution in [3.05, 3.63) is 12.7 Å². The molecule has 0 heterocycles. The summed E-state index contributed by atoms with van der Waals surface area (Å²) < 4.78 is 4.78. The summed E-state index contributed by atoms with van der Waals surface area (Å²) in [7, 11) is 0. The van der Waals surface area contributed by atoms with Crippen LogP contribution in [-0.2, 0) is 14.3 Å². The SMILES string of the molecule is C=CCC(=O)C(C)(C)COC(C)=O. The number of carbonyl (C=O) groups is 2. The molecule has 0 aliphatic carbocycles. The van der Waals surface area contributed by atoms with E-state index in [1.165, 1.54) is 6.92 Å². The second-order valence-corrected chi connectivity index (χ2v) is 3.58. The minimum atomic E-state index is -0.611. The van der Waals surface area contributed by atoms with Crippen molar-refractivity contribution in [3.8, 4) is 0 Å². The lowest BCUT2D eigenvalue weighted by molar-refractivity contribution is -0.146. The van der Waals surface area contributed by atoms with Gasteiger partial charge >= 0.3 is 5.97 Å². The molecule has 0 amide bonds. The monoisotopic (exact) mass is 184 g/mol. The van der Waals surface area contributed by atoms with Crippen LogP contribution in [0.5, 0.6) is 0 Å². The molecule has 0 atom stereocenters. The number of carbonyl (C=O) groups excluding carboxylic acids is 2. The van der Waals surface area contributed by atoms with E-state index in [-0.39, 0.29) is 18.4 Å². The first-order valence-electron chi connectivity index (χ1n) is 4.17. The Morgan fingerprint density at radius 2 is 2.00 bits per heavy atom. The van der Waals surface area contributed by atoms with Gasteiger partial charge in [-0.2, -0.15) is 0 Å². The number of ketones is 1. The van der Waals surface area contributed by atoms with Gasteiger partial charge in [0.15, 0.2) is 0 Å². The maximum atomic E-state index is 11.4. The zero-order chi connectivity index (χ0) is 10.5. The van der Waals surface area contributed by atoms with Crippen LogP contribution in [0.3, 0.4) is 0 Å². The van der Waals surface area contributed by atoms with Crippen molar-refractivity contribution in [1.82, 2.24) is 0 Å². The van der Waals surface area contributed by atoms with E-state index in [0.29, 0.717) is 6.42 Å². The lowest BCUT2D eigenvalue weighted by Gasteiger charge is -2.21. The highest BCUT2D eigenvalue weighted by Crippen LogP contribution is 2.19. The molecule has 74 valence electrons. The molecule has 0 fully saturated rings. The topological polar surface area (TPSA) is 43.4 Å². The molecule has 0 saturated heterocycles. The molecular weight excluding hydrogens is 168 g/mol. The Hall–Kier alpha value is -1.12. The number of hydrogen-bond acceptors (Lipinski definition) is 3. The predicted octanol–water partition coefficient (Wildman–Crippen LogP) is 1.72. The van der Waals surface area contributed by atoms with Gasteiger partial charge in [0.05, 0.1) is 5.41 Å². The van der Waals surface area contributed by atoms with Crippen LogP contribution in [0.25, 0.3) is 0 Å². The van der Waals surface area contributed by atoms with Gasteiger partial charge in [-0.05, 0) is 13.8 Å². The number of Topliss-reactive ketones (excluding diaryl/α,β-unsaturated/α-hetero) is 1. The summed E-state index contributed by atoms with van der Waals surface area (Å²) in [4.78, 5) is 21.9. The highest BCUT2D eigenvalue weighted by molar-refractivity contribution is 5.85. The van der Waals surface area contributed by atoms with E-state index < -0.39 is 5.41 Å². The Morgan fingerprint density at radius 1 is 1.46 bits per heavy atom. The fourth-order valence-corrected chi connectivity index (χ4v) is 0.770. The van der Waals surface area contributed by atoms with Crippen LogP contribution in [0.1, 0.15) is 27.2 Å². The third-order valence-electron chi connectivity index (χ3n) is 1.72. The Bertz CT molecular complexity index is 216. The van der Waals surface area contributed by atoms with Crippen LogP contribution < -0.4 is 0 Å². The number of rotatable bonds is 5. The number of hydrogen-bond donors (Lipinski definition) is 0. The van der Waals surface area contributed by atoms with E-state index in [0.717, 1.165) is 0 Å². The van der Waals surface area contributed by atoms with Crippen LogP contribution >= 0.6 is 0 Å². The van der Waals surface area contributed by atoms with Gasteiger partial charge in [0, 0.05) is 13.3 Å². The van der Waals surface area contributed by atoms with E-state index >= 15 is 0 Å². The van der Waals surface area contributed by atoms with E-state index in [9.17, 15) is 9.59 Å². The third-order valence-corrected chi connectivity index (χ3v) is 1.72. The fourth-order valence-electron chi connectivity index (χ4n) is 0.770. The molecule has 0 rings (SSSR count). The largest absolute Gasteiger partial charge is 0.465 e. The number of ether oxygens (including phenoxy) is 1. The van der Waals surface area contributed by atoms with Crippen LogP contribution in [0.4, 0.5) is 0 Å². The molecular formula is C10H16O3. The lowest BCUT2D eigenvalue weighted by atomic mass is 9.87. The van der Waals surface area contributed by atoms with E-state index in [1.807, 2.05) is 0 Å². The van der Waals surface area contributed by atoms with Crippen LogP contribution in [0, 0.1) is 5.41 Å². The molecule has 13 heavy (non-hydrogen) atoms. The summed E-state index contributed by atoms with van der Waals surface area (Å²) in [6, 6.07) is 0. The van der Waals surface area contributed by atoms with Gasteiger partial charge in [-0.25, -0.2) is 0 Å². The van der Waals surface area contributed by atoms with Gasteiger partial charge in [0.2, 0.25) is 0 Å². The van der Waals surface area contributed by atoms with Crippen LogP contribution in [0.15, 0.2) is 12.7 Å². The number of esters is 1. The smallest absolute Gasteiger partial charge is 0.302 e. The summed E-state index contributed by atoms with van der Waals surface area (Å²) in [6.07, 6.45) is 1.87. The average Bonchev–Trinajstić information content (AvgIpc) is 2.01. The van der Waals surface area contributed by atoms with Gasteiger partial charge in [-0.1, -0.05) is 6.08 Å². The zero-order valence-corrected chi connectivity index (χ0v) is 8.42. The Kier molecular flexibility index (Phi) is 4.38. The molecule has 0 N–H and O–H groups in total. The standard InChI is InChI=1S/C10H16O3/c1-5-6-9(12)10(3,4)7-13-8(2)11/h5H,1,6-7H2,2-4H3. The molecule has 0 bridgehead atoms. The average molecular weight is 184 g/mol. The summed E-state index contributed by atoms with van der Waals surface area (Å²) in [5.74, 6) is -0.330. The van der Waals surface area contributed by atoms with Crippen molar-refractivity contribution in [3.63, 3.8) is 0 Å². The van der Waals surface area contributed by atoms with Gasteiger partial charge in [-0.3, -0.25) is 9.59 Å². The van der Waals surface area contributed by atoms with Crippen molar-refractivity contribution in [2.75, 3.05) is 6.61 Å². The molecule has 0 aromatic heterocycles. The van der Waals surface area contributed by atoms with Gasteiger partial charge in [-0.15, -0.1) is 6.58 Å². The van der Waals surface area contributed by atoms with E-state index in [2.05, 4.69) is 6.58 Å². The predicted molar refractivity (Wildman–Crippen MR) is 50.2 cm³/mol. The Labute approximate surface area is 78.8 Å². The molecule has 0 aromatic rings. The van der Waals surface area contributed by atoms with E-state index in [1.54, 1.807) is 19.9 Å². The summed E-state index contributed by atoms with van der Waals surface area (Å²) in [6.45, 7) is 8.45. The van der Waals surface area contributed by atoms with Gasteiger partial charge in [0.1, 0.15) is 12.4 Å². The Morgan fingerprint density at radius 3 is 2.38 bits per heavy atom. The molecule has 0 aliphatic heterocycles. The zero-order valence-electron chi connectivity index (χ0n) is 8.42. The van der Waals surface area contributed by atoms with Crippen LogP contribution in [-0.4, -0.2) is 18.4 Å². The van der Waals surface area contributed by atoms with Crippen molar-refractivity contribution < 1.29 is 14.3 Å². The maximum Gasteiger partial charge on any atom is 0.302 e. The normalized spacial score (nSPS) is 10.7. The minimum Gasteiger partial charge on any atom is -0.465 e. The minimum absolute atomic E-state index is 0.0313. The van der Waals surface area contributed by atoms with Crippen molar-refractivity contribution in [1.29, 1.82) is 0 Å². The molecule has 0 aromatic carbocycles. The second-order valence-electron chi connectivity index (χ2n) is 3.58. The highest BCUT2D eigenvalue weighted by atomic mass is 16.5. The molecule has 3 nitrogen and oxygen atoms in total. The molecule has 3 heteroatoms. The molecule has 0 aliphatic rings. The quantitative estimate of drug-likeness (QED) is 0.482. The highest BCUT2D eigenvalue weighted by Gasteiger charge is 2.27. The second kappa shape index (κ2) is 4.80. The van der Waals surface area contributed by atoms with Crippen LogP contribution in [0.2, 0.25) is 0 Å².